The summed E-state index contributed by atoms with van der Waals surface area (Å²) in [6.45, 7) is 2.33. The minimum Gasteiger partial charge on any atom is -0.365 e. The Bertz CT molecular complexity index is 813. The zero-order chi connectivity index (χ0) is 15.8. The van der Waals surface area contributed by atoms with Gasteiger partial charge in [-0.15, -0.1) is 0 Å². The van der Waals surface area contributed by atoms with Gasteiger partial charge in [0.2, 0.25) is 5.89 Å². The van der Waals surface area contributed by atoms with Crippen molar-refractivity contribution >= 4 is 16.9 Å². The summed E-state index contributed by atoms with van der Waals surface area (Å²) in [7, 11) is 2.19. The van der Waals surface area contributed by atoms with Crippen LogP contribution in [0.2, 0.25) is 0 Å². The predicted octanol–water partition coefficient (Wildman–Crippen LogP) is 2.53. The largest absolute Gasteiger partial charge is 0.365 e. The topological polar surface area (TPSA) is 84.0 Å². The van der Waals surface area contributed by atoms with Gasteiger partial charge in [0.15, 0.2) is 0 Å². The van der Waals surface area contributed by atoms with E-state index >= 15 is 0 Å². The Balaban J connectivity index is 1.63. The van der Waals surface area contributed by atoms with Crippen LogP contribution in [-0.2, 0) is 6.42 Å². The Labute approximate surface area is 134 Å². The Hall–Kier alpha value is -2.34. The molecule has 3 N–H and O–H groups in total. The van der Waals surface area contributed by atoms with Crippen molar-refractivity contribution in [2.45, 2.75) is 25.2 Å². The highest BCUT2D eigenvalue weighted by Gasteiger charge is 2.21. The average Bonchev–Trinajstić information content (AvgIpc) is 3.14. The highest BCUT2D eigenvalue weighted by Crippen LogP contribution is 2.33. The van der Waals surface area contributed by atoms with Crippen molar-refractivity contribution in [2.75, 3.05) is 25.9 Å². The summed E-state index contributed by atoms with van der Waals surface area (Å²) >= 11 is 0. The number of anilines is 1. The fourth-order valence-electron chi connectivity index (χ4n) is 3.47. The molecule has 6 heteroatoms. The SMILES string of the molecule is CN1CCC(c2c[nH]c3ccc(Cc4nc(N)no4)cc23)CC1. The number of hydrogen-bond donors (Lipinski definition) is 2. The van der Waals surface area contributed by atoms with Crippen molar-refractivity contribution in [2.24, 2.45) is 0 Å². The molecule has 0 aliphatic carbocycles. The Morgan fingerprint density at radius 1 is 1.35 bits per heavy atom. The van der Waals surface area contributed by atoms with Crippen LogP contribution >= 0.6 is 0 Å². The molecule has 4 rings (SSSR count). The van der Waals surface area contributed by atoms with Crippen molar-refractivity contribution in [3.63, 3.8) is 0 Å². The summed E-state index contributed by atoms with van der Waals surface area (Å²) in [5, 5.41) is 4.95. The molecule has 0 amide bonds. The number of hydrogen-bond acceptors (Lipinski definition) is 5. The molecule has 1 aliphatic heterocycles. The standard InChI is InChI=1S/C17H21N5O/c1-22-6-4-12(5-7-22)14-10-19-15-3-2-11(8-13(14)15)9-16-20-17(18)21-23-16/h2-3,8,10,12,19H,4-7,9H2,1H3,(H2,18,21). The number of nitrogen functional groups attached to an aromatic ring is 1. The van der Waals surface area contributed by atoms with E-state index in [1.807, 2.05) is 0 Å². The Morgan fingerprint density at radius 3 is 2.91 bits per heavy atom. The summed E-state index contributed by atoms with van der Waals surface area (Å²) in [5.41, 5.74) is 9.29. The van der Waals surface area contributed by atoms with Crippen LogP contribution in [0.25, 0.3) is 10.9 Å². The van der Waals surface area contributed by atoms with Crippen molar-refractivity contribution < 1.29 is 4.52 Å². The quantitative estimate of drug-likeness (QED) is 0.776. The number of H-pyrrole nitrogens is 1. The van der Waals surface area contributed by atoms with Gasteiger partial charge in [0, 0.05) is 17.1 Å². The van der Waals surface area contributed by atoms with Crippen LogP contribution in [0, 0.1) is 0 Å². The van der Waals surface area contributed by atoms with E-state index in [9.17, 15) is 0 Å². The molecule has 1 fully saturated rings. The van der Waals surface area contributed by atoms with Crippen LogP contribution in [0.1, 0.15) is 35.8 Å². The second-order valence-electron chi connectivity index (χ2n) is 6.42. The lowest BCUT2D eigenvalue weighted by molar-refractivity contribution is 0.256. The average molecular weight is 311 g/mol. The number of benzene rings is 1. The smallest absolute Gasteiger partial charge is 0.260 e. The van der Waals surface area contributed by atoms with E-state index in [2.05, 4.69) is 51.5 Å². The molecule has 0 radical (unpaired) electrons. The number of aromatic nitrogens is 3. The van der Waals surface area contributed by atoms with Crippen LogP contribution in [0.15, 0.2) is 28.9 Å². The van der Waals surface area contributed by atoms with Crippen molar-refractivity contribution in [3.05, 3.63) is 41.4 Å². The molecule has 6 nitrogen and oxygen atoms in total. The lowest BCUT2D eigenvalue weighted by Crippen LogP contribution is -2.29. The summed E-state index contributed by atoms with van der Waals surface area (Å²) in [6, 6.07) is 6.46. The minimum atomic E-state index is 0.190. The van der Waals surface area contributed by atoms with Crippen molar-refractivity contribution in [1.29, 1.82) is 0 Å². The molecule has 1 aliphatic rings. The van der Waals surface area contributed by atoms with Gasteiger partial charge in [-0.2, -0.15) is 4.98 Å². The molecule has 1 saturated heterocycles. The van der Waals surface area contributed by atoms with Crippen molar-refractivity contribution in [1.82, 2.24) is 20.0 Å². The minimum absolute atomic E-state index is 0.190. The number of nitrogens with two attached hydrogens (primary N) is 1. The molecule has 0 unspecified atom stereocenters. The van der Waals surface area contributed by atoms with Gasteiger partial charge in [0.25, 0.3) is 5.95 Å². The molecular weight excluding hydrogens is 290 g/mol. The maximum absolute atomic E-state index is 5.51. The molecule has 3 heterocycles. The van der Waals surface area contributed by atoms with Gasteiger partial charge in [-0.25, -0.2) is 0 Å². The van der Waals surface area contributed by atoms with Gasteiger partial charge in [-0.1, -0.05) is 6.07 Å². The molecule has 1 aromatic carbocycles. The fourth-order valence-corrected chi connectivity index (χ4v) is 3.47. The van der Waals surface area contributed by atoms with E-state index in [0.29, 0.717) is 18.2 Å². The lowest BCUT2D eigenvalue weighted by Gasteiger charge is -2.28. The Morgan fingerprint density at radius 2 is 2.17 bits per heavy atom. The monoisotopic (exact) mass is 311 g/mol. The summed E-state index contributed by atoms with van der Waals surface area (Å²) in [4.78, 5) is 9.89. The highest BCUT2D eigenvalue weighted by molar-refractivity contribution is 5.84. The van der Waals surface area contributed by atoms with Crippen LogP contribution in [-0.4, -0.2) is 40.2 Å². The fraction of sp³-hybridized carbons (Fsp3) is 0.412. The number of nitrogens with zero attached hydrogens (tertiary/aromatic N) is 3. The van der Waals surface area contributed by atoms with E-state index in [1.165, 1.54) is 29.3 Å². The van der Waals surface area contributed by atoms with Crippen molar-refractivity contribution in [3.8, 4) is 0 Å². The van der Waals surface area contributed by atoms with Gasteiger partial charge < -0.3 is 20.1 Å². The molecule has 0 saturated carbocycles. The number of aromatic amines is 1. The number of rotatable bonds is 3. The lowest BCUT2D eigenvalue weighted by atomic mass is 9.89. The van der Waals surface area contributed by atoms with E-state index in [4.69, 9.17) is 10.3 Å². The van der Waals surface area contributed by atoms with Crippen LogP contribution in [0.4, 0.5) is 5.95 Å². The third-order valence-electron chi connectivity index (χ3n) is 4.78. The summed E-state index contributed by atoms with van der Waals surface area (Å²) in [6.07, 6.45) is 5.22. The Kier molecular flexibility index (Phi) is 3.53. The van der Waals surface area contributed by atoms with Crippen LogP contribution < -0.4 is 5.73 Å². The van der Waals surface area contributed by atoms with Gasteiger partial charge in [-0.3, -0.25) is 0 Å². The number of fused-ring (bicyclic) bond motifs is 1. The van der Waals surface area contributed by atoms with Gasteiger partial charge >= 0.3 is 0 Å². The van der Waals surface area contributed by atoms with Gasteiger partial charge in [-0.05, 0) is 67.3 Å². The summed E-state index contributed by atoms with van der Waals surface area (Å²) < 4.78 is 5.12. The molecule has 23 heavy (non-hydrogen) atoms. The van der Waals surface area contributed by atoms with E-state index in [1.54, 1.807) is 0 Å². The second-order valence-corrected chi connectivity index (χ2v) is 6.42. The molecule has 2 aromatic heterocycles. The third-order valence-corrected chi connectivity index (χ3v) is 4.78. The predicted molar refractivity (Wildman–Crippen MR) is 89.3 cm³/mol. The second kappa shape index (κ2) is 5.70. The maximum Gasteiger partial charge on any atom is 0.260 e. The zero-order valence-electron chi connectivity index (χ0n) is 13.2. The van der Waals surface area contributed by atoms with Crippen LogP contribution in [0.3, 0.4) is 0 Å². The molecule has 120 valence electrons. The molecule has 0 atom stereocenters. The first-order valence-electron chi connectivity index (χ1n) is 8.05. The van der Waals surface area contributed by atoms with Crippen LogP contribution in [0.5, 0.6) is 0 Å². The maximum atomic E-state index is 5.51. The normalized spacial score (nSPS) is 17.1. The van der Waals surface area contributed by atoms with E-state index in [0.717, 1.165) is 18.7 Å². The summed E-state index contributed by atoms with van der Waals surface area (Å²) in [5.74, 6) is 1.38. The number of nitrogens with one attached hydrogen (secondary N) is 1. The molecule has 0 spiro atoms. The zero-order valence-corrected chi connectivity index (χ0v) is 13.2. The van der Waals surface area contributed by atoms with E-state index < -0.39 is 0 Å². The molecular formula is C17H21N5O. The van der Waals surface area contributed by atoms with E-state index in [-0.39, 0.29) is 5.95 Å². The first kappa shape index (κ1) is 14.3. The first-order valence-corrected chi connectivity index (χ1v) is 8.05. The van der Waals surface area contributed by atoms with Gasteiger partial charge in [0.05, 0.1) is 6.42 Å². The number of piperidine rings is 1. The van der Waals surface area contributed by atoms with Gasteiger partial charge in [0.1, 0.15) is 0 Å². The highest BCUT2D eigenvalue weighted by atomic mass is 16.5. The first-order chi connectivity index (χ1) is 11.2. The number of likely N-dealkylation sites (tertiary alicyclic amines) is 1. The third kappa shape index (κ3) is 2.82. The molecule has 0 bridgehead atoms. The molecule has 3 aromatic rings.